The summed E-state index contributed by atoms with van der Waals surface area (Å²) in [7, 11) is 3.79. The third kappa shape index (κ3) is 10.2. The lowest BCUT2D eigenvalue weighted by Crippen LogP contribution is -2.28. The summed E-state index contributed by atoms with van der Waals surface area (Å²) in [5.41, 5.74) is 4.73. The van der Waals surface area contributed by atoms with Crippen LogP contribution in [0.1, 0.15) is 71.1 Å². The van der Waals surface area contributed by atoms with Crippen molar-refractivity contribution in [1.29, 1.82) is 0 Å². The lowest BCUT2D eigenvalue weighted by atomic mass is 9.99. The molecule has 4 rings (SSSR count). The van der Waals surface area contributed by atoms with Gasteiger partial charge in [0.25, 0.3) is 5.91 Å². The number of fused-ring (bicyclic) bond motifs is 1. The SMILES string of the molecule is CNCCOc1ccc(C(=O)NCCCn2nnc3c2CCCCCC3OCC(=O)NCc2ccc(CNC)cc2)cc1. The minimum absolute atomic E-state index is 0.0239. The van der Waals surface area contributed by atoms with E-state index in [4.69, 9.17) is 9.47 Å². The van der Waals surface area contributed by atoms with Crippen LogP contribution in [-0.2, 0) is 35.6 Å². The standard InChI is InChI=1S/C32H45N7O4/c1-33-18-20-42-27-15-13-26(14-16-27)32(41)35-17-6-19-39-28-7-4-3-5-8-29(31(28)37-38-39)43-23-30(40)36-22-25-11-9-24(10-12-25)21-34-2/h9-16,29,33-34H,3-8,17-23H2,1-2H3,(H,35,41)(H,36,40). The quantitative estimate of drug-likeness (QED) is 0.187. The Labute approximate surface area is 254 Å². The van der Waals surface area contributed by atoms with Crippen molar-refractivity contribution in [3.05, 3.63) is 76.6 Å². The van der Waals surface area contributed by atoms with Gasteiger partial charge in [-0.1, -0.05) is 42.3 Å². The Balaban J connectivity index is 1.23. The van der Waals surface area contributed by atoms with Gasteiger partial charge in [-0.15, -0.1) is 5.10 Å². The number of aryl methyl sites for hydroxylation is 1. The second-order valence-electron chi connectivity index (χ2n) is 10.8. The Bertz CT molecular complexity index is 1280. The Kier molecular flexibility index (Phi) is 13.0. The number of carbonyl (C=O) groups excluding carboxylic acids is 2. The summed E-state index contributed by atoms with van der Waals surface area (Å²) in [5, 5.41) is 21.0. The van der Waals surface area contributed by atoms with Gasteiger partial charge in [-0.05, 0) is 75.2 Å². The average Bonchev–Trinajstić information content (AvgIpc) is 3.40. The second-order valence-corrected chi connectivity index (χ2v) is 10.8. The molecule has 1 aromatic heterocycles. The highest BCUT2D eigenvalue weighted by atomic mass is 16.5. The largest absolute Gasteiger partial charge is 0.492 e. The van der Waals surface area contributed by atoms with E-state index in [9.17, 15) is 9.59 Å². The van der Waals surface area contributed by atoms with Crippen molar-refractivity contribution in [1.82, 2.24) is 36.3 Å². The van der Waals surface area contributed by atoms with Gasteiger partial charge in [0, 0.05) is 38.3 Å². The minimum Gasteiger partial charge on any atom is -0.492 e. The smallest absolute Gasteiger partial charge is 0.251 e. The first-order valence-corrected chi connectivity index (χ1v) is 15.3. The van der Waals surface area contributed by atoms with Crippen molar-refractivity contribution in [2.24, 2.45) is 0 Å². The van der Waals surface area contributed by atoms with Gasteiger partial charge >= 0.3 is 0 Å². The Morgan fingerprint density at radius 2 is 1.67 bits per heavy atom. The van der Waals surface area contributed by atoms with Gasteiger partial charge in [0.2, 0.25) is 5.91 Å². The molecule has 1 aliphatic carbocycles. The van der Waals surface area contributed by atoms with Crippen molar-refractivity contribution in [3.63, 3.8) is 0 Å². The van der Waals surface area contributed by atoms with Crippen molar-refractivity contribution < 1.29 is 19.1 Å². The number of nitrogens with zero attached hydrogens (tertiary/aromatic N) is 3. The third-order valence-electron chi connectivity index (χ3n) is 7.43. The number of nitrogens with one attached hydrogen (secondary N) is 4. The van der Waals surface area contributed by atoms with Crippen LogP contribution in [0.2, 0.25) is 0 Å². The van der Waals surface area contributed by atoms with Crippen molar-refractivity contribution in [2.45, 2.75) is 64.3 Å². The molecule has 2 aromatic carbocycles. The molecule has 232 valence electrons. The van der Waals surface area contributed by atoms with E-state index >= 15 is 0 Å². The highest BCUT2D eigenvalue weighted by molar-refractivity contribution is 5.94. The van der Waals surface area contributed by atoms with Gasteiger partial charge in [-0.3, -0.25) is 9.59 Å². The van der Waals surface area contributed by atoms with Gasteiger partial charge in [0.15, 0.2) is 0 Å². The van der Waals surface area contributed by atoms with E-state index in [0.29, 0.717) is 31.8 Å². The zero-order chi connectivity index (χ0) is 30.3. The highest BCUT2D eigenvalue weighted by Gasteiger charge is 2.25. The molecular weight excluding hydrogens is 546 g/mol. The molecule has 1 atom stereocenters. The molecule has 1 heterocycles. The van der Waals surface area contributed by atoms with Crippen LogP contribution in [0.3, 0.4) is 0 Å². The van der Waals surface area contributed by atoms with Crippen LogP contribution >= 0.6 is 0 Å². The maximum Gasteiger partial charge on any atom is 0.251 e. The number of aromatic nitrogens is 3. The minimum atomic E-state index is -0.263. The summed E-state index contributed by atoms with van der Waals surface area (Å²) < 4.78 is 13.6. The molecule has 0 radical (unpaired) electrons. The van der Waals surface area contributed by atoms with Crippen LogP contribution in [0.15, 0.2) is 48.5 Å². The third-order valence-corrected chi connectivity index (χ3v) is 7.43. The summed E-state index contributed by atoms with van der Waals surface area (Å²) in [6.45, 7) is 3.74. The van der Waals surface area contributed by atoms with Crippen LogP contribution in [0.25, 0.3) is 0 Å². The molecule has 1 unspecified atom stereocenters. The molecule has 1 aliphatic rings. The molecule has 0 bridgehead atoms. The van der Waals surface area contributed by atoms with Crippen molar-refractivity contribution >= 4 is 11.8 Å². The van der Waals surface area contributed by atoms with Crippen LogP contribution in [0.4, 0.5) is 0 Å². The highest BCUT2D eigenvalue weighted by Crippen LogP contribution is 2.29. The molecule has 0 spiro atoms. The molecule has 0 saturated carbocycles. The van der Waals surface area contributed by atoms with Gasteiger partial charge in [0.05, 0.1) is 5.69 Å². The van der Waals surface area contributed by atoms with E-state index in [1.807, 2.05) is 43.0 Å². The number of rotatable bonds is 16. The van der Waals surface area contributed by atoms with Gasteiger partial charge in [-0.25, -0.2) is 4.68 Å². The Hall–Kier alpha value is -3.80. The normalized spacial score (nSPS) is 14.8. The summed E-state index contributed by atoms with van der Waals surface area (Å²) in [6.07, 6.45) is 5.31. The number of hydrogen-bond donors (Lipinski definition) is 4. The number of carbonyl (C=O) groups is 2. The summed E-state index contributed by atoms with van der Waals surface area (Å²) >= 11 is 0. The van der Waals surface area contributed by atoms with Crippen LogP contribution in [0.5, 0.6) is 5.75 Å². The summed E-state index contributed by atoms with van der Waals surface area (Å²) in [5.74, 6) is 0.471. The number of benzene rings is 2. The van der Waals surface area contributed by atoms with Gasteiger partial charge in [-0.2, -0.15) is 0 Å². The summed E-state index contributed by atoms with van der Waals surface area (Å²) in [4.78, 5) is 25.2. The molecule has 43 heavy (non-hydrogen) atoms. The van der Waals surface area contributed by atoms with Crippen LogP contribution in [-0.4, -0.2) is 67.2 Å². The molecule has 2 amide bonds. The van der Waals surface area contributed by atoms with Gasteiger partial charge < -0.3 is 30.7 Å². The zero-order valence-electron chi connectivity index (χ0n) is 25.4. The first-order valence-electron chi connectivity index (χ1n) is 15.3. The van der Waals surface area contributed by atoms with Crippen LogP contribution < -0.4 is 26.0 Å². The molecule has 11 nitrogen and oxygen atoms in total. The molecule has 3 aromatic rings. The van der Waals surface area contributed by atoms with Gasteiger partial charge in [0.1, 0.15) is 30.8 Å². The van der Waals surface area contributed by atoms with E-state index in [1.54, 1.807) is 12.1 Å². The van der Waals surface area contributed by atoms with Crippen LogP contribution in [0, 0.1) is 0 Å². The maximum absolute atomic E-state index is 12.6. The molecule has 0 saturated heterocycles. The number of amides is 2. The molecule has 11 heteroatoms. The number of ether oxygens (including phenoxy) is 2. The fourth-order valence-electron chi connectivity index (χ4n) is 5.04. The molecule has 4 N–H and O–H groups in total. The Morgan fingerprint density at radius 3 is 2.42 bits per heavy atom. The van der Waals surface area contributed by atoms with Crippen molar-refractivity contribution in [2.75, 3.05) is 40.4 Å². The average molecular weight is 592 g/mol. The van der Waals surface area contributed by atoms with Crippen molar-refractivity contribution in [3.8, 4) is 5.75 Å². The lowest BCUT2D eigenvalue weighted by Gasteiger charge is -2.20. The first-order chi connectivity index (χ1) is 21.1. The van der Waals surface area contributed by atoms with E-state index in [-0.39, 0.29) is 24.5 Å². The number of likely N-dealkylation sites (N-methyl/N-ethyl adjacent to an activating group) is 1. The van der Waals surface area contributed by atoms with E-state index in [2.05, 4.69) is 43.7 Å². The molecule has 0 aliphatic heterocycles. The van der Waals surface area contributed by atoms with E-state index < -0.39 is 0 Å². The molecule has 0 fully saturated rings. The predicted octanol–water partition coefficient (Wildman–Crippen LogP) is 2.91. The fourth-order valence-corrected chi connectivity index (χ4v) is 5.04. The topological polar surface area (TPSA) is 131 Å². The Morgan fingerprint density at radius 1 is 0.907 bits per heavy atom. The monoisotopic (exact) mass is 591 g/mol. The van der Waals surface area contributed by atoms with E-state index in [1.165, 1.54) is 5.56 Å². The first kappa shape index (κ1) is 32.1. The lowest BCUT2D eigenvalue weighted by molar-refractivity contribution is -0.128. The maximum atomic E-state index is 12.6. The zero-order valence-corrected chi connectivity index (χ0v) is 25.4. The fraction of sp³-hybridized carbons (Fsp3) is 0.500. The summed E-state index contributed by atoms with van der Waals surface area (Å²) in [6, 6.07) is 15.3. The predicted molar refractivity (Wildman–Crippen MR) is 165 cm³/mol. The van der Waals surface area contributed by atoms with E-state index in [0.717, 1.165) is 74.3 Å². The number of hydrogen-bond acceptors (Lipinski definition) is 8. The molecular formula is C32H45N7O4. The second kappa shape index (κ2) is 17.3.